The van der Waals surface area contributed by atoms with Gasteiger partial charge in [0.05, 0.1) is 11.6 Å². The molecule has 0 saturated carbocycles. The van der Waals surface area contributed by atoms with E-state index < -0.39 is 17.7 Å². The van der Waals surface area contributed by atoms with Crippen LogP contribution in [0.2, 0.25) is 0 Å². The zero-order valence-corrected chi connectivity index (χ0v) is 18.9. The molecule has 1 aliphatic heterocycles. The number of aliphatic hydroxyl groups is 1. The Kier molecular flexibility index (Phi) is 5.06. The number of nitrogens with one attached hydrogen (secondary N) is 1. The topological polar surface area (TPSA) is 81.6 Å². The van der Waals surface area contributed by atoms with Crippen LogP contribution < -0.4 is 0 Å². The number of likely N-dealkylation sites (tertiary alicyclic amines) is 1. The van der Waals surface area contributed by atoms with E-state index in [1.54, 1.807) is 11.1 Å². The van der Waals surface area contributed by atoms with Gasteiger partial charge in [-0.05, 0) is 26.2 Å². The van der Waals surface area contributed by atoms with Crippen molar-refractivity contribution >= 4 is 39.3 Å². The van der Waals surface area contributed by atoms with Crippen molar-refractivity contribution in [2.75, 3.05) is 27.2 Å². The van der Waals surface area contributed by atoms with Crippen molar-refractivity contribution in [1.82, 2.24) is 19.4 Å². The van der Waals surface area contributed by atoms with Crippen molar-refractivity contribution in [1.29, 1.82) is 0 Å². The second-order valence-electron chi connectivity index (χ2n) is 8.76. The Morgan fingerprint density at radius 3 is 2.52 bits per heavy atom. The molecule has 5 rings (SSSR count). The van der Waals surface area contributed by atoms with Crippen LogP contribution in [0.5, 0.6) is 0 Å². The van der Waals surface area contributed by atoms with Crippen molar-refractivity contribution < 1.29 is 14.7 Å². The van der Waals surface area contributed by atoms with Crippen LogP contribution in [0, 0.1) is 0 Å². The van der Waals surface area contributed by atoms with Gasteiger partial charge in [-0.2, -0.15) is 0 Å². The number of H-pyrrole nitrogens is 1. The number of Topliss-reactive ketones (excluding diaryl/α,β-unsaturated/α-hetero) is 1. The summed E-state index contributed by atoms with van der Waals surface area (Å²) >= 11 is 0. The lowest BCUT2D eigenvalue weighted by Crippen LogP contribution is -2.35. The van der Waals surface area contributed by atoms with Crippen molar-refractivity contribution in [3.8, 4) is 0 Å². The molecule has 7 heteroatoms. The molecule has 2 aromatic carbocycles. The second kappa shape index (κ2) is 7.94. The molecule has 1 unspecified atom stereocenters. The van der Waals surface area contributed by atoms with E-state index in [9.17, 15) is 14.7 Å². The van der Waals surface area contributed by atoms with Gasteiger partial charge in [0, 0.05) is 65.5 Å². The maximum absolute atomic E-state index is 13.3. The Morgan fingerprint density at radius 2 is 1.76 bits per heavy atom. The fourth-order valence-corrected chi connectivity index (χ4v) is 4.75. The van der Waals surface area contributed by atoms with Gasteiger partial charge in [-0.25, -0.2) is 0 Å². The summed E-state index contributed by atoms with van der Waals surface area (Å²) in [7, 11) is 5.79. The molecule has 2 N–H and O–H groups in total. The van der Waals surface area contributed by atoms with E-state index in [2.05, 4.69) is 4.98 Å². The first-order chi connectivity index (χ1) is 15.9. The van der Waals surface area contributed by atoms with Gasteiger partial charge in [0.25, 0.3) is 11.7 Å². The van der Waals surface area contributed by atoms with Gasteiger partial charge in [-0.1, -0.05) is 36.4 Å². The fourth-order valence-electron chi connectivity index (χ4n) is 4.75. The highest BCUT2D eigenvalue weighted by Gasteiger charge is 2.47. The number of likely N-dealkylation sites (N-methyl/N-ethyl adjacent to an activating group) is 1. The van der Waals surface area contributed by atoms with E-state index >= 15 is 0 Å². The number of benzene rings is 2. The van der Waals surface area contributed by atoms with E-state index in [0.717, 1.165) is 27.4 Å². The number of hydrogen-bond donors (Lipinski definition) is 2. The van der Waals surface area contributed by atoms with Gasteiger partial charge in [-0.3, -0.25) is 9.59 Å². The first kappa shape index (κ1) is 21.0. The van der Waals surface area contributed by atoms with Gasteiger partial charge in [0.1, 0.15) is 5.76 Å². The van der Waals surface area contributed by atoms with Gasteiger partial charge in [0.2, 0.25) is 0 Å². The predicted molar refractivity (Wildman–Crippen MR) is 129 cm³/mol. The van der Waals surface area contributed by atoms with Crippen LogP contribution in [0.4, 0.5) is 0 Å². The number of carbonyl (C=O) groups excluding carboxylic acids is 2. The highest BCUT2D eigenvalue weighted by molar-refractivity contribution is 6.47. The standard InChI is InChI=1S/C26H26N4O3/c1-28(2)12-13-30-23(19-15-29(3)21-11-7-5-9-17(19)21)22(25(32)26(30)33)24(31)18-14-27-20-10-6-4-8-16(18)20/h4-11,14-15,23,27,31H,12-13H2,1-3H3/b24-22+. The first-order valence-electron chi connectivity index (χ1n) is 10.9. The fraction of sp³-hybridized carbons (Fsp3) is 0.231. The largest absolute Gasteiger partial charge is 0.507 e. The average molecular weight is 443 g/mol. The third-order valence-corrected chi connectivity index (χ3v) is 6.39. The summed E-state index contributed by atoms with van der Waals surface area (Å²) in [6.07, 6.45) is 3.64. The molecule has 3 heterocycles. The summed E-state index contributed by atoms with van der Waals surface area (Å²) in [6, 6.07) is 14.8. The molecule has 0 bridgehead atoms. The molecule has 1 atom stereocenters. The van der Waals surface area contributed by atoms with Crippen LogP contribution in [0.25, 0.3) is 27.6 Å². The van der Waals surface area contributed by atoms with Crippen molar-refractivity contribution in [2.24, 2.45) is 7.05 Å². The number of nitrogens with zero attached hydrogens (tertiary/aromatic N) is 3. The summed E-state index contributed by atoms with van der Waals surface area (Å²) in [5.74, 6) is -1.40. The summed E-state index contributed by atoms with van der Waals surface area (Å²) in [5.41, 5.74) is 3.31. The Labute approximate surface area is 191 Å². The lowest BCUT2D eigenvalue weighted by atomic mass is 9.95. The van der Waals surface area contributed by atoms with E-state index in [4.69, 9.17) is 0 Å². The van der Waals surface area contributed by atoms with Crippen molar-refractivity contribution in [3.63, 3.8) is 0 Å². The van der Waals surface area contributed by atoms with Crippen LogP contribution in [0.3, 0.4) is 0 Å². The minimum Gasteiger partial charge on any atom is -0.507 e. The van der Waals surface area contributed by atoms with Crippen LogP contribution in [-0.2, 0) is 16.6 Å². The van der Waals surface area contributed by atoms with E-state index in [1.807, 2.05) is 85.3 Å². The van der Waals surface area contributed by atoms with E-state index in [-0.39, 0.29) is 11.3 Å². The van der Waals surface area contributed by atoms with Crippen LogP contribution in [0.1, 0.15) is 17.2 Å². The Balaban J connectivity index is 1.75. The number of carbonyl (C=O) groups is 2. The minimum atomic E-state index is -0.676. The van der Waals surface area contributed by atoms with Gasteiger partial charge in [-0.15, -0.1) is 0 Å². The summed E-state index contributed by atoms with van der Waals surface area (Å²) in [5, 5.41) is 13.2. The predicted octanol–water partition coefficient (Wildman–Crippen LogP) is 3.64. The normalized spacial score (nSPS) is 18.3. The number of hydrogen-bond acceptors (Lipinski definition) is 4. The molecular weight excluding hydrogens is 416 g/mol. The highest BCUT2D eigenvalue weighted by Crippen LogP contribution is 2.43. The molecule has 4 aromatic rings. The molecule has 0 aliphatic carbocycles. The number of amides is 1. The molecule has 1 aliphatic rings. The molecule has 2 aromatic heterocycles. The first-order valence-corrected chi connectivity index (χ1v) is 10.9. The number of aromatic nitrogens is 2. The summed E-state index contributed by atoms with van der Waals surface area (Å²) < 4.78 is 1.99. The van der Waals surface area contributed by atoms with E-state index in [1.165, 1.54) is 0 Å². The number of ketones is 1. The van der Waals surface area contributed by atoms with Gasteiger partial charge < -0.3 is 24.5 Å². The number of aromatic amines is 1. The maximum Gasteiger partial charge on any atom is 0.295 e. The van der Waals surface area contributed by atoms with Gasteiger partial charge in [0.15, 0.2) is 0 Å². The molecule has 168 valence electrons. The molecule has 7 nitrogen and oxygen atoms in total. The molecule has 0 radical (unpaired) electrons. The zero-order valence-electron chi connectivity index (χ0n) is 18.9. The Bertz CT molecular complexity index is 1430. The third kappa shape index (κ3) is 3.32. The number of fused-ring (bicyclic) bond motifs is 2. The third-order valence-electron chi connectivity index (χ3n) is 6.39. The average Bonchev–Trinajstić information content (AvgIpc) is 3.45. The number of aliphatic hydroxyl groups excluding tert-OH is 1. The number of rotatable bonds is 5. The Hall–Kier alpha value is -3.84. The van der Waals surface area contributed by atoms with Crippen LogP contribution >= 0.6 is 0 Å². The molecular formula is C26H26N4O3. The molecule has 1 saturated heterocycles. The number of para-hydroxylation sites is 2. The van der Waals surface area contributed by atoms with Crippen LogP contribution in [0.15, 0.2) is 66.5 Å². The molecule has 0 spiro atoms. The monoisotopic (exact) mass is 442 g/mol. The zero-order chi connectivity index (χ0) is 23.3. The van der Waals surface area contributed by atoms with E-state index in [0.29, 0.717) is 18.7 Å². The maximum atomic E-state index is 13.3. The lowest BCUT2D eigenvalue weighted by molar-refractivity contribution is -0.140. The SMILES string of the molecule is CN(C)CCN1C(=O)C(=O)/C(=C(/O)c2c[nH]c3ccccc23)C1c1cn(C)c2ccccc12. The second-order valence-corrected chi connectivity index (χ2v) is 8.76. The quantitative estimate of drug-likeness (QED) is 0.281. The van der Waals surface area contributed by atoms with Crippen LogP contribution in [-0.4, -0.2) is 63.3 Å². The summed E-state index contributed by atoms with van der Waals surface area (Å²) in [4.78, 5) is 33.2. The molecule has 1 fully saturated rings. The Morgan fingerprint density at radius 1 is 1.06 bits per heavy atom. The number of aryl methyl sites for hydroxylation is 1. The highest BCUT2D eigenvalue weighted by atomic mass is 16.3. The molecule has 33 heavy (non-hydrogen) atoms. The minimum absolute atomic E-state index is 0.125. The van der Waals surface area contributed by atoms with Crippen molar-refractivity contribution in [2.45, 2.75) is 6.04 Å². The smallest absolute Gasteiger partial charge is 0.295 e. The van der Waals surface area contributed by atoms with Gasteiger partial charge >= 0.3 is 0 Å². The summed E-state index contributed by atoms with van der Waals surface area (Å²) in [6.45, 7) is 0.970. The molecule has 1 amide bonds. The lowest BCUT2D eigenvalue weighted by Gasteiger charge is -2.26. The van der Waals surface area contributed by atoms with Crippen molar-refractivity contribution in [3.05, 3.63) is 77.6 Å².